The molecule has 1 N–H and O–H groups in total. The highest BCUT2D eigenvalue weighted by Crippen LogP contribution is 2.32. The standard InChI is InChI=1S/C29H48N6O2/c1-7-9-10-11-12-13-14-15-16-17-21-35-32-28(31-34-35)27(33-37-8-2)29(36)30-26-24(22(3)4)19-18-20-25(26)23(5)6/h18-20,22-23H,7-17,21H2,1-6H3,(H,30,36)/b33-27+. The van der Waals surface area contributed by atoms with Gasteiger partial charge in [-0.1, -0.05) is 116 Å². The molecule has 0 unspecified atom stereocenters. The summed E-state index contributed by atoms with van der Waals surface area (Å²) in [6, 6.07) is 6.13. The maximum Gasteiger partial charge on any atom is 0.281 e. The topological polar surface area (TPSA) is 94.3 Å². The summed E-state index contributed by atoms with van der Waals surface area (Å²) in [7, 11) is 0. The number of carbonyl (C=O) groups is 1. The van der Waals surface area contributed by atoms with Crippen LogP contribution < -0.4 is 5.32 Å². The molecule has 8 heteroatoms. The molecular weight excluding hydrogens is 464 g/mol. The minimum Gasteiger partial charge on any atom is -0.395 e. The Labute approximate surface area is 223 Å². The molecule has 1 amide bonds. The van der Waals surface area contributed by atoms with Gasteiger partial charge in [-0.2, -0.15) is 4.80 Å². The Kier molecular flexibility index (Phi) is 13.9. The van der Waals surface area contributed by atoms with Crippen LogP contribution in [0.3, 0.4) is 0 Å². The number of tetrazole rings is 1. The number of aromatic nitrogens is 4. The third-order valence-corrected chi connectivity index (χ3v) is 6.49. The Bertz CT molecular complexity index is 941. The maximum atomic E-state index is 13.4. The molecule has 2 rings (SSSR count). The van der Waals surface area contributed by atoms with Crippen molar-refractivity contribution in [3.63, 3.8) is 0 Å². The zero-order valence-corrected chi connectivity index (χ0v) is 23.9. The summed E-state index contributed by atoms with van der Waals surface area (Å²) in [5.41, 5.74) is 3.00. The minimum absolute atomic E-state index is 0.0319. The second kappa shape index (κ2) is 16.9. The molecule has 2 aromatic rings. The first kappa shape index (κ1) is 30.5. The molecule has 0 fully saturated rings. The molecule has 1 aromatic carbocycles. The third-order valence-electron chi connectivity index (χ3n) is 6.49. The fourth-order valence-electron chi connectivity index (χ4n) is 4.35. The van der Waals surface area contributed by atoms with Crippen LogP contribution in [0.1, 0.15) is 135 Å². The van der Waals surface area contributed by atoms with Crippen LogP contribution >= 0.6 is 0 Å². The van der Waals surface area contributed by atoms with Gasteiger partial charge in [-0.25, -0.2) is 0 Å². The number of oxime groups is 1. The van der Waals surface area contributed by atoms with Crippen LogP contribution in [0.2, 0.25) is 0 Å². The van der Waals surface area contributed by atoms with E-state index in [-0.39, 0.29) is 23.4 Å². The van der Waals surface area contributed by atoms with Crippen LogP contribution in [0.25, 0.3) is 0 Å². The Morgan fingerprint density at radius 2 is 1.49 bits per heavy atom. The first-order chi connectivity index (χ1) is 17.9. The predicted molar refractivity (Wildman–Crippen MR) is 151 cm³/mol. The van der Waals surface area contributed by atoms with E-state index in [0.717, 1.165) is 29.7 Å². The first-order valence-corrected chi connectivity index (χ1v) is 14.3. The van der Waals surface area contributed by atoms with Crippen LogP contribution in [-0.4, -0.2) is 38.4 Å². The van der Waals surface area contributed by atoms with Crippen molar-refractivity contribution in [2.24, 2.45) is 5.16 Å². The van der Waals surface area contributed by atoms with Crippen LogP contribution in [0, 0.1) is 0 Å². The lowest BCUT2D eigenvalue weighted by Gasteiger charge is -2.20. The molecule has 8 nitrogen and oxygen atoms in total. The van der Waals surface area contributed by atoms with Crippen molar-refractivity contribution in [1.82, 2.24) is 20.2 Å². The maximum absolute atomic E-state index is 13.4. The van der Waals surface area contributed by atoms with Gasteiger partial charge >= 0.3 is 0 Å². The number of carbonyl (C=O) groups excluding carboxylic acids is 1. The van der Waals surface area contributed by atoms with Crippen molar-refractivity contribution >= 4 is 17.3 Å². The molecule has 0 aliphatic carbocycles. The van der Waals surface area contributed by atoms with Crippen LogP contribution in [0.15, 0.2) is 23.4 Å². The minimum atomic E-state index is -0.401. The average molecular weight is 513 g/mol. The van der Waals surface area contributed by atoms with Crippen molar-refractivity contribution in [2.75, 3.05) is 11.9 Å². The van der Waals surface area contributed by atoms with E-state index >= 15 is 0 Å². The van der Waals surface area contributed by atoms with Gasteiger partial charge in [0.15, 0.2) is 0 Å². The lowest BCUT2D eigenvalue weighted by atomic mass is 9.92. The van der Waals surface area contributed by atoms with Crippen molar-refractivity contribution in [1.29, 1.82) is 0 Å². The largest absolute Gasteiger partial charge is 0.395 e. The molecule has 0 saturated heterocycles. The number of rotatable bonds is 18. The van der Waals surface area contributed by atoms with Crippen LogP contribution in [0.4, 0.5) is 5.69 Å². The van der Waals surface area contributed by atoms with Gasteiger partial charge in [0.2, 0.25) is 11.5 Å². The summed E-state index contributed by atoms with van der Waals surface area (Å²) >= 11 is 0. The van der Waals surface area contributed by atoms with Gasteiger partial charge in [-0.3, -0.25) is 4.79 Å². The van der Waals surface area contributed by atoms with E-state index in [2.05, 4.69) is 60.5 Å². The molecule has 0 spiro atoms. The van der Waals surface area contributed by atoms with Crippen molar-refractivity contribution in [3.8, 4) is 0 Å². The van der Waals surface area contributed by atoms with Gasteiger partial charge in [0, 0.05) is 5.69 Å². The number of nitrogens with zero attached hydrogens (tertiary/aromatic N) is 5. The highest BCUT2D eigenvalue weighted by molar-refractivity contribution is 6.47. The first-order valence-electron chi connectivity index (χ1n) is 14.3. The average Bonchev–Trinajstić information content (AvgIpc) is 3.33. The number of nitrogens with one attached hydrogen (secondary N) is 1. The fraction of sp³-hybridized carbons (Fsp3) is 0.690. The second-order valence-electron chi connectivity index (χ2n) is 10.3. The van der Waals surface area contributed by atoms with Gasteiger partial charge in [-0.15, -0.1) is 10.2 Å². The zero-order valence-electron chi connectivity index (χ0n) is 23.9. The molecular formula is C29H48N6O2. The molecule has 206 valence electrons. The molecule has 37 heavy (non-hydrogen) atoms. The van der Waals surface area contributed by atoms with Crippen LogP contribution in [0.5, 0.6) is 0 Å². The quantitative estimate of drug-likeness (QED) is 0.129. The number of hydrogen-bond donors (Lipinski definition) is 1. The highest BCUT2D eigenvalue weighted by atomic mass is 16.6. The zero-order chi connectivity index (χ0) is 27.0. The van der Waals surface area contributed by atoms with Crippen molar-refractivity contribution in [2.45, 2.75) is 124 Å². The summed E-state index contributed by atoms with van der Waals surface area (Å²) in [4.78, 5) is 20.2. The third kappa shape index (κ3) is 10.3. The normalized spacial score (nSPS) is 11.9. The summed E-state index contributed by atoms with van der Waals surface area (Å²) in [5.74, 6) is 0.274. The fourth-order valence-corrected chi connectivity index (χ4v) is 4.35. The highest BCUT2D eigenvalue weighted by Gasteiger charge is 2.24. The van der Waals surface area contributed by atoms with E-state index in [1.807, 2.05) is 25.1 Å². The molecule has 0 radical (unpaired) electrons. The van der Waals surface area contributed by atoms with Gasteiger partial charge in [0.05, 0.1) is 6.54 Å². The number of anilines is 1. The lowest BCUT2D eigenvalue weighted by Crippen LogP contribution is -2.27. The van der Waals surface area contributed by atoms with Gasteiger partial charge in [0.25, 0.3) is 5.91 Å². The summed E-state index contributed by atoms with van der Waals surface area (Å²) < 4.78 is 0. The van der Waals surface area contributed by atoms with E-state index in [4.69, 9.17) is 4.84 Å². The van der Waals surface area contributed by atoms with Crippen molar-refractivity contribution in [3.05, 3.63) is 35.2 Å². The molecule has 1 heterocycles. The van der Waals surface area contributed by atoms with E-state index in [9.17, 15) is 4.79 Å². The van der Waals surface area contributed by atoms with E-state index in [0.29, 0.717) is 13.2 Å². The van der Waals surface area contributed by atoms with E-state index < -0.39 is 5.91 Å². The number of unbranched alkanes of at least 4 members (excludes halogenated alkanes) is 9. The SMILES string of the molecule is CCCCCCCCCCCCn1nnc(/C(=N\OCC)C(=O)Nc2c(C(C)C)cccc2C(C)C)n1. The second-order valence-corrected chi connectivity index (χ2v) is 10.3. The number of aryl methyl sites for hydroxylation is 1. The molecule has 0 aliphatic heterocycles. The number of hydrogen-bond acceptors (Lipinski definition) is 6. The molecule has 0 aliphatic rings. The Hall–Kier alpha value is -2.77. The number of para-hydroxylation sites is 1. The number of amides is 1. The Morgan fingerprint density at radius 3 is 2.03 bits per heavy atom. The molecule has 1 aromatic heterocycles. The molecule has 0 bridgehead atoms. The van der Waals surface area contributed by atoms with E-state index in [1.54, 1.807) is 4.80 Å². The molecule has 0 atom stereocenters. The Balaban J connectivity index is 1.99. The van der Waals surface area contributed by atoms with Gasteiger partial charge in [-0.05, 0) is 41.5 Å². The number of benzene rings is 1. The summed E-state index contributed by atoms with van der Waals surface area (Å²) in [5, 5.41) is 19.9. The monoisotopic (exact) mass is 512 g/mol. The van der Waals surface area contributed by atoms with Gasteiger partial charge < -0.3 is 10.2 Å². The summed E-state index contributed by atoms with van der Waals surface area (Å²) in [6.07, 6.45) is 12.7. The van der Waals surface area contributed by atoms with Gasteiger partial charge in [0.1, 0.15) is 6.61 Å². The summed E-state index contributed by atoms with van der Waals surface area (Å²) in [6.45, 7) is 13.5. The van der Waals surface area contributed by atoms with Crippen molar-refractivity contribution < 1.29 is 9.63 Å². The smallest absolute Gasteiger partial charge is 0.281 e. The van der Waals surface area contributed by atoms with E-state index in [1.165, 1.54) is 51.4 Å². The Morgan fingerprint density at radius 1 is 0.919 bits per heavy atom. The lowest BCUT2D eigenvalue weighted by molar-refractivity contribution is -0.110. The predicted octanol–water partition coefficient (Wildman–Crippen LogP) is 7.22. The van der Waals surface area contributed by atoms with Crippen LogP contribution in [-0.2, 0) is 16.2 Å². The molecule has 0 saturated carbocycles.